The second-order valence-electron chi connectivity index (χ2n) is 8.34. The summed E-state index contributed by atoms with van der Waals surface area (Å²) < 4.78 is 29.4. The summed E-state index contributed by atoms with van der Waals surface area (Å²) in [5, 5.41) is 12.9. The van der Waals surface area contributed by atoms with Gasteiger partial charge in [-0.2, -0.15) is 0 Å². The summed E-state index contributed by atoms with van der Waals surface area (Å²) in [5.74, 6) is -0.569. The van der Waals surface area contributed by atoms with Crippen LogP contribution in [0.2, 0.25) is 5.02 Å². The predicted octanol–water partition coefficient (Wildman–Crippen LogP) is 4.51. The standard InChI is InChI=1S/C23H25ClFN5O5/c1-33-20(31)10-13-2-6-16(7-3-13)34-19-9-5-15(12-26-19)27-21(32)22-29-30-23(35-22)28-14-4-8-18(25)17(24)11-14/h4,8,11-13,16H,2-3,5-7,9-10H2,1H3,(H,27,32)(H,28,30). The fraction of sp³-hybridized carbons (Fsp3) is 0.435. The normalized spacial score (nSPS) is 19.9. The topological polar surface area (TPSA) is 128 Å². The highest BCUT2D eigenvalue weighted by molar-refractivity contribution is 6.31. The Hall–Kier alpha value is -3.47. The van der Waals surface area contributed by atoms with Crippen molar-refractivity contribution in [3.63, 3.8) is 0 Å². The number of hydrogen-bond donors (Lipinski definition) is 2. The first kappa shape index (κ1) is 24.6. The van der Waals surface area contributed by atoms with Crippen molar-refractivity contribution in [3.8, 4) is 0 Å². The minimum absolute atomic E-state index is 0.0366. The number of halogens is 2. The van der Waals surface area contributed by atoms with Gasteiger partial charge in [-0.15, -0.1) is 5.10 Å². The molecule has 12 heteroatoms. The predicted molar refractivity (Wildman–Crippen MR) is 125 cm³/mol. The number of amides is 1. The summed E-state index contributed by atoms with van der Waals surface area (Å²) >= 11 is 5.75. The first-order chi connectivity index (χ1) is 16.9. The van der Waals surface area contributed by atoms with Gasteiger partial charge >= 0.3 is 23.8 Å². The van der Waals surface area contributed by atoms with Gasteiger partial charge in [0.05, 0.1) is 12.1 Å². The van der Waals surface area contributed by atoms with Crippen molar-refractivity contribution in [2.75, 3.05) is 12.4 Å². The van der Waals surface area contributed by atoms with E-state index in [1.54, 1.807) is 6.20 Å². The van der Waals surface area contributed by atoms with Crippen LogP contribution in [0.3, 0.4) is 0 Å². The maximum Gasteiger partial charge on any atom is 0.320 e. The van der Waals surface area contributed by atoms with Crippen LogP contribution in [0, 0.1) is 11.7 Å². The lowest BCUT2D eigenvalue weighted by molar-refractivity contribution is -0.142. The molecule has 186 valence electrons. The van der Waals surface area contributed by atoms with Gasteiger partial charge in [0.2, 0.25) is 0 Å². The number of ether oxygens (including phenoxy) is 2. The number of hydrogen-bond acceptors (Lipinski definition) is 9. The van der Waals surface area contributed by atoms with Gasteiger partial charge in [0.25, 0.3) is 0 Å². The van der Waals surface area contributed by atoms with Crippen molar-refractivity contribution in [3.05, 3.63) is 46.8 Å². The van der Waals surface area contributed by atoms with Gasteiger partial charge < -0.3 is 24.5 Å². The number of carbonyl (C=O) groups excluding carboxylic acids is 2. The molecule has 1 aliphatic heterocycles. The number of allylic oxidation sites excluding steroid dienone is 1. The number of anilines is 2. The molecule has 35 heavy (non-hydrogen) atoms. The third kappa shape index (κ3) is 6.78. The fourth-order valence-electron chi connectivity index (χ4n) is 3.93. The van der Waals surface area contributed by atoms with E-state index in [1.165, 1.54) is 25.3 Å². The second kappa shape index (κ2) is 11.3. The number of carbonyl (C=O) groups is 2. The van der Waals surface area contributed by atoms with E-state index in [0.717, 1.165) is 25.7 Å². The van der Waals surface area contributed by atoms with Crippen molar-refractivity contribution in [1.82, 2.24) is 15.5 Å². The smallest absolute Gasteiger partial charge is 0.320 e. The SMILES string of the molecule is COC(=O)CC1CCC(OC2=NC=C(NC(=O)c3nnc(Nc4ccc(F)c(Cl)c4)o3)CC2)CC1. The van der Waals surface area contributed by atoms with Crippen LogP contribution in [0.25, 0.3) is 0 Å². The average Bonchev–Trinajstić information content (AvgIpc) is 3.32. The Labute approximate surface area is 205 Å². The van der Waals surface area contributed by atoms with Gasteiger partial charge in [0, 0.05) is 30.4 Å². The Morgan fingerprint density at radius 3 is 2.69 bits per heavy atom. The van der Waals surface area contributed by atoms with Crippen LogP contribution in [0.4, 0.5) is 16.1 Å². The Morgan fingerprint density at radius 2 is 2.00 bits per heavy atom. The molecule has 2 N–H and O–H groups in total. The summed E-state index contributed by atoms with van der Waals surface area (Å²) in [6.07, 6.45) is 6.73. The molecule has 10 nitrogen and oxygen atoms in total. The molecular weight excluding hydrogens is 481 g/mol. The van der Waals surface area contributed by atoms with Gasteiger partial charge in [-0.1, -0.05) is 16.7 Å². The summed E-state index contributed by atoms with van der Waals surface area (Å²) in [4.78, 5) is 28.2. The zero-order chi connectivity index (χ0) is 24.8. The third-order valence-electron chi connectivity index (χ3n) is 5.82. The Balaban J connectivity index is 1.25. The third-order valence-corrected chi connectivity index (χ3v) is 6.11. The van der Waals surface area contributed by atoms with Crippen molar-refractivity contribution in [2.45, 2.75) is 51.0 Å². The Bertz CT molecular complexity index is 1140. The van der Waals surface area contributed by atoms with Crippen LogP contribution in [-0.2, 0) is 14.3 Å². The summed E-state index contributed by atoms with van der Waals surface area (Å²) in [6.45, 7) is 0. The van der Waals surface area contributed by atoms with Crippen molar-refractivity contribution >= 4 is 41.1 Å². The zero-order valence-corrected chi connectivity index (χ0v) is 19.8. The van der Waals surface area contributed by atoms with Gasteiger partial charge in [-0.3, -0.25) is 9.59 Å². The first-order valence-corrected chi connectivity index (χ1v) is 11.6. The van der Waals surface area contributed by atoms with E-state index in [-0.39, 0.29) is 29.0 Å². The summed E-state index contributed by atoms with van der Waals surface area (Å²) in [5.41, 5.74) is 1.03. The minimum Gasteiger partial charge on any atom is -0.477 e. The van der Waals surface area contributed by atoms with E-state index in [1.807, 2.05) is 0 Å². The van der Waals surface area contributed by atoms with Crippen molar-refractivity contribution in [1.29, 1.82) is 0 Å². The number of nitrogens with one attached hydrogen (secondary N) is 2. The lowest BCUT2D eigenvalue weighted by atomic mass is 9.85. The lowest BCUT2D eigenvalue weighted by Crippen LogP contribution is -2.28. The molecule has 2 aromatic rings. The maximum atomic E-state index is 13.3. The lowest BCUT2D eigenvalue weighted by Gasteiger charge is -2.29. The van der Waals surface area contributed by atoms with Gasteiger partial charge in [-0.25, -0.2) is 9.38 Å². The molecule has 0 spiro atoms. The Morgan fingerprint density at radius 1 is 1.20 bits per heavy atom. The van der Waals surface area contributed by atoms with Gasteiger partial charge in [0.1, 0.15) is 11.9 Å². The molecule has 1 aromatic carbocycles. The molecule has 2 aliphatic rings. The number of methoxy groups -OCH3 is 1. The molecule has 1 saturated carbocycles. The van der Waals surface area contributed by atoms with E-state index in [0.29, 0.717) is 42.5 Å². The number of aromatic nitrogens is 2. The quantitative estimate of drug-likeness (QED) is 0.526. The highest BCUT2D eigenvalue weighted by Crippen LogP contribution is 2.30. The molecule has 1 aliphatic carbocycles. The molecule has 0 unspecified atom stereocenters. The largest absolute Gasteiger partial charge is 0.477 e. The number of nitrogens with zero attached hydrogens (tertiary/aromatic N) is 3. The van der Waals surface area contributed by atoms with Crippen LogP contribution in [0.1, 0.15) is 55.6 Å². The van der Waals surface area contributed by atoms with Gasteiger partial charge in [0.15, 0.2) is 5.90 Å². The summed E-state index contributed by atoms with van der Waals surface area (Å²) in [7, 11) is 1.41. The zero-order valence-electron chi connectivity index (χ0n) is 19.1. The first-order valence-electron chi connectivity index (χ1n) is 11.3. The maximum absolute atomic E-state index is 13.3. The van der Waals surface area contributed by atoms with Crippen LogP contribution in [0.5, 0.6) is 0 Å². The number of aliphatic imine (C=N–C) groups is 1. The van der Waals surface area contributed by atoms with Crippen LogP contribution in [-0.4, -0.2) is 41.2 Å². The molecular formula is C23H25ClFN5O5. The highest BCUT2D eigenvalue weighted by Gasteiger charge is 2.26. The van der Waals surface area contributed by atoms with Crippen LogP contribution < -0.4 is 10.6 Å². The fourth-order valence-corrected chi connectivity index (χ4v) is 4.11. The molecule has 1 aromatic heterocycles. The van der Waals surface area contributed by atoms with E-state index >= 15 is 0 Å². The van der Waals surface area contributed by atoms with Crippen molar-refractivity contribution in [2.24, 2.45) is 10.9 Å². The number of esters is 1. The minimum atomic E-state index is -0.572. The van der Waals surface area contributed by atoms with Crippen molar-refractivity contribution < 1.29 is 27.9 Å². The van der Waals surface area contributed by atoms with Gasteiger partial charge in [-0.05, 0) is 56.2 Å². The van der Waals surface area contributed by atoms with E-state index in [4.69, 9.17) is 25.5 Å². The second-order valence-corrected chi connectivity index (χ2v) is 8.75. The number of benzene rings is 1. The highest BCUT2D eigenvalue weighted by atomic mass is 35.5. The molecule has 0 atom stereocenters. The molecule has 0 saturated heterocycles. The molecule has 2 heterocycles. The number of rotatable bonds is 7. The molecule has 4 rings (SSSR count). The molecule has 0 bridgehead atoms. The van der Waals surface area contributed by atoms with E-state index in [9.17, 15) is 14.0 Å². The molecule has 1 fully saturated rings. The Kier molecular flexibility index (Phi) is 7.96. The molecule has 0 radical (unpaired) electrons. The molecule has 1 amide bonds. The average molecular weight is 506 g/mol. The monoisotopic (exact) mass is 505 g/mol. The van der Waals surface area contributed by atoms with E-state index < -0.39 is 11.7 Å². The van der Waals surface area contributed by atoms with E-state index in [2.05, 4.69) is 25.8 Å². The van der Waals surface area contributed by atoms with Crippen LogP contribution in [0.15, 0.2) is 39.5 Å². The van der Waals surface area contributed by atoms with Crippen LogP contribution >= 0.6 is 11.6 Å². The summed E-state index contributed by atoms with van der Waals surface area (Å²) in [6, 6.07) is 3.97.